The molecule has 1 fully saturated rings. The van der Waals surface area contributed by atoms with Gasteiger partial charge < -0.3 is 10.1 Å². The van der Waals surface area contributed by atoms with Gasteiger partial charge in [-0.05, 0) is 32.1 Å². The fourth-order valence-electron chi connectivity index (χ4n) is 1.61. The monoisotopic (exact) mass is 183 g/mol. The van der Waals surface area contributed by atoms with Crippen molar-refractivity contribution in [2.75, 3.05) is 0 Å². The van der Waals surface area contributed by atoms with Crippen LogP contribution in [0, 0.1) is 11.3 Å². The normalized spacial score (nSPS) is 19.8. The first kappa shape index (κ1) is 10.2. The highest BCUT2D eigenvalue weighted by atomic mass is 16.5. The molecule has 0 aliphatic heterocycles. The van der Waals surface area contributed by atoms with E-state index in [2.05, 4.69) is 0 Å². The van der Waals surface area contributed by atoms with Crippen LogP contribution in [0.2, 0.25) is 0 Å². The third-order valence-corrected chi connectivity index (χ3v) is 2.53. The predicted molar refractivity (Wildman–Crippen MR) is 50.9 cm³/mol. The SMILES string of the molecule is CC[C@@H](C=N)C(=O)OC1CCCC1. The zero-order chi connectivity index (χ0) is 9.68. The average molecular weight is 183 g/mol. The largest absolute Gasteiger partial charge is 0.462 e. The number of nitrogens with one attached hydrogen (secondary N) is 1. The summed E-state index contributed by atoms with van der Waals surface area (Å²) in [7, 11) is 0. The summed E-state index contributed by atoms with van der Waals surface area (Å²) >= 11 is 0. The van der Waals surface area contributed by atoms with E-state index >= 15 is 0 Å². The maximum Gasteiger partial charge on any atom is 0.314 e. The lowest BCUT2D eigenvalue weighted by molar-refractivity contribution is -0.151. The Kier molecular flexibility index (Phi) is 3.93. The molecular formula is C10H17NO2. The van der Waals surface area contributed by atoms with E-state index in [1.165, 1.54) is 19.1 Å². The molecule has 1 aliphatic carbocycles. The van der Waals surface area contributed by atoms with Crippen LogP contribution in [0.4, 0.5) is 0 Å². The van der Waals surface area contributed by atoms with Crippen LogP contribution in [-0.4, -0.2) is 18.3 Å². The van der Waals surface area contributed by atoms with Gasteiger partial charge in [0, 0.05) is 6.21 Å². The van der Waals surface area contributed by atoms with E-state index < -0.39 is 0 Å². The second-order valence-corrected chi connectivity index (χ2v) is 3.52. The lowest BCUT2D eigenvalue weighted by Gasteiger charge is -2.14. The lowest BCUT2D eigenvalue weighted by Crippen LogP contribution is -2.22. The van der Waals surface area contributed by atoms with Crippen LogP contribution < -0.4 is 0 Å². The quantitative estimate of drug-likeness (QED) is 0.536. The molecule has 3 nitrogen and oxygen atoms in total. The van der Waals surface area contributed by atoms with Gasteiger partial charge in [-0.15, -0.1) is 0 Å². The summed E-state index contributed by atoms with van der Waals surface area (Å²) in [6, 6.07) is 0. The molecule has 0 aromatic heterocycles. The predicted octanol–water partition coefficient (Wildman–Crippen LogP) is 2.15. The van der Waals surface area contributed by atoms with Crippen molar-refractivity contribution in [3.05, 3.63) is 0 Å². The Labute approximate surface area is 79.0 Å². The maximum atomic E-state index is 11.4. The Morgan fingerprint density at radius 3 is 2.69 bits per heavy atom. The van der Waals surface area contributed by atoms with E-state index in [9.17, 15) is 4.79 Å². The summed E-state index contributed by atoms with van der Waals surface area (Å²) in [4.78, 5) is 11.4. The van der Waals surface area contributed by atoms with Crippen molar-refractivity contribution in [3.63, 3.8) is 0 Å². The van der Waals surface area contributed by atoms with Gasteiger partial charge in [0.2, 0.25) is 0 Å². The van der Waals surface area contributed by atoms with E-state index in [4.69, 9.17) is 10.1 Å². The number of hydrogen-bond acceptors (Lipinski definition) is 3. The van der Waals surface area contributed by atoms with Gasteiger partial charge in [0.15, 0.2) is 0 Å². The fraction of sp³-hybridized carbons (Fsp3) is 0.800. The van der Waals surface area contributed by atoms with Gasteiger partial charge in [-0.25, -0.2) is 0 Å². The third-order valence-electron chi connectivity index (χ3n) is 2.53. The number of rotatable bonds is 4. The highest BCUT2D eigenvalue weighted by Crippen LogP contribution is 2.22. The van der Waals surface area contributed by atoms with Crippen molar-refractivity contribution in [1.29, 1.82) is 5.41 Å². The number of hydrogen-bond donors (Lipinski definition) is 1. The van der Waals surface area contributed by atoms with Crippen LogP contribution in [0.15, 0.2) is 0 Å². The molecule has 1 aliphatic rings. The molecule has 0 spiro atoms. The van der Waals surface area contributed by atoms with E-state index in [-0.39, 0.29) is 18.0 Å². The smallest absolute Gasteiger partial charge is 0.314 e. The molecule has 13 heavy (non-hydrogen) atoms. The minimum absolute atomic E-state index is 0.126. The highest BCUT2D eigenvalue weighted by molar-refractivity contribution is 5.88. The Balaban J connectivity index is 2.34. The maximum absolute atomic E-state index is 11.4. The third kappa shape index (κ3) is 2.83. The highest BCUT2D eigenvalue weighted by Gasteiger charge is 2.22. The van der Waals surface area contributed by atoms with Crippen LogP contribution in [0.5, 0.6) is 0 Å². The van der Waals surface area contributed by atoms with E-state index in [1.54, 1.807) is 0 Å². The Morgan fingerprint density at radius 1 is 1.62 bits per heavy atom. The van der Waals surface area contributed by atoms with Gasteiger partial charge in [-0.2, -0.15) is 0 Å². The summed E-state index contributed by atoms with van der Waals surface area (Å²) in [5, 5.41) is 7.04. The molecule has 0 radical (unpaired) electrons. The number of ether oxygens (including phenoxy) is 1. The van der Waals surface area contributed by atoms with Crippen molar-refractivity contribution in [2.24, 2.45) is 5.92 Å². The first-order chi connectivity index (χ1) is 6.27. The van der Waals surface area contributed by atoms with E-state index in [0.29, 0.717) is 6.42 Å². The molecule has 1 N–H and O–H groups in total. The van der Waals surface area contributed by atoms with Crippen molar-refractivity contribution in [2.45, 2.75) is 45.1 Å². The molecule has 1 saturated carbocycles. The Morgan fingerprint density at radius 2 is 2.23 bits per heavy atom. The molecule has 0 amide bonds. The second kappa shape index (κ2) is 5.00. The van der Waals surface area contributed by atoms with Gasteiger partial charge in [0.1, 0.15) is 6.10 Å². The molecule has 0 aromatic carbocycles. The molecule has 3 heteroatoms. The summed E-state index contributed by atoms with van der Waals surface area (Å²) in [5.74, 6) is -0.551. The fourth-order valence-corrected chi connectivity index (χ4v) is 1.61. The van der Waals surface area contributed by atoms with Crippen molar-refractivity contribution in [3.8, 4) is 0 Å². The van der Waals surface area contributed by atoms with Crippen LogP contribution in [0.3, 0.4) is 0 Å². The lowest BCUT2D eigenvalue weighted by atomic mass is 10.1. The van der Waals surface area contributed by atoms with Crippen LogP contribution in [0.1, 0.15) is 39.0 Å². The number of carbonyl (C=O) groups is 1. The molecule has 1 atom stereocenters. The van der Waals surface area contributed by atoms with Crippen molar-refractivity contribution in [1.82, 2.24) is 0 Å². The topological polar surface area (TPSA) is 50.2 Å². The first-order valence-electron chi connectivity index (χ1n) is 4.99. The molecule has 0 aromatic rings. The molecule has 74 valence electrons. The molecule has 0 saturated heterocycles. The van der Waals surface area contributed by atoms with Crippen LogP contribution in [0.25, 0.3) is 0 Å². The molecule has 0 heterocycles. The second-order valence-electron chi connectivity index (χ2n) is 3.52. The van der Waals surface area contributed by atoms with Crippen LogP contribution in [-0.2, 0) is 9.53 Å². The minimum atomic E-state index is -0.333. The average Bonchev–Trinajstić information content (AvgIpc) is 2.59. The first-order valence-corrected chi connectivity index (χ1v) is 4.99. The Bertz CT molecular complexity index is 185. The summed E-state index contributed by atoms with van der Waals surface area (Å²) < 4.78 is 5.27. The van der Waals surface area contributed by atoms with Crippen molar-refractivity contribution >= 4 is 12.2 Å². The molecule has 1 rings (SSSR count). The van der Waals surface area contributed by atoms with Gasteiger partial charge in [0.05, 0.1) is 5.92 Å². The summed E-state index contributed by atoms with van der Waals surface area (Å²) in [5.41, 5.74) is 0. The van der Waals surface area contributed by atoms with E-state index in [0.717, 1.165) is 12.8 Å². The zero-order valence-electron chi connectivity index (χ0n) is 8.08. The molecule has 0 bridgehead atoms. The molecule has 0 unspecified atom stereocenters. The molecular weight excluding hydrogens is 166 g/mol. The zero-order valence-corrected chi connectivity index (χ0v) is 8.08. The number of esters is 1. The van der Waals surface area contributed by atoms with Gasteiger partial charge in [0.25, 0.3) is 0 Å². The number of carbonyl (C=O) groups excluding carboxylic acids is 1. The summed E-state index contributed by atoms with van der Waals surface area (Å²) in [6.07, 6.45) is 6.30. The Hall–Kier alpha value is -0.860. The van der Waals surface area contributed by atoms with Crippen LogP contribution >= 0.6 is 0 Å². The summed E-state index contributed by atoms with van der Waals surface area (Å²) in [6.45, 7) is 1.89. The standard InChI is InChI=1S/C10H17NO2/c1-2-8(7-11)10(12)13-9-5-3-4-6-9/h7-9,11H,2-6H2,1H3/t8-/m0/s1. The minimum Gasteiger partial charge on any atom is -0.462 e. The van der Waals surface area contributed by atoms with Gasteiger partial charge in [-0.1, -0.05) is 6.92 Å². The van der Waals surface area contributed by atoms with Crippen molar-refractivity contribution < 1.29 is 9.53 Å². The van der Waals surface area contributed by atoms with Gasteiger partial charge >= 0.3 is 5.97 Å². The van der Waals surface area contributed by atoms with Gasteiger partial charge in [-0.3, -0.25) is 4.79 Å². The van der Waals surface area contributed by atoms with E-state index in [1.807, 2.05) is 6.92 Å².